The van der Waals surface area contributed by atoms with Gasteiger partial charge in [-0.2, -0.15) is 0 Å². The summed E-state index contributed by atoms with van der Waals surface area (Å²) in [6.45, 7) is 0. The summed E-state index contributed by atoms with van der Waals surface area (Å²) >= 11 is 1.37. The number of hydrogen-bond donors (Lipinski definition) is 0. The van der Waals surface area contributed by atoms with E-state index in [9.17, 15) is 90.4 Å². The smallest absolute Gasteiger partial charge is 0.192 e. The predicted molar refractivity (Wildman–Crippen MR) is 483 cm³/mol. The number of benzene rings is 12. The first kappa shape index (κ1) is 97.3. The molecule has 3 saturated carbocycles. The maximum absolute atomic E-state index is 14.7. The zero-order valence-corrected chi connectivity index (χ0v) is 75.6. The summed E-state index contributed by atoms with van der Waals surface area (Å²) in [5, 5.41) is 2.40. The fourth-order valence-electron chi connectivity index (χ4n) is 19.2. The molecule has 0 spiro atoms. The van der Waals surface area contributed by atoms with Crippen LogP contribution in [0.15, 0.2) is 314 Å². The van der Waals surface area contributed by atoms with Crippen LogP contribution in [0.2, 0.25) is 0 Å². The van der Waals surface area contributed by atoms with E-state index in [0.29, 0.717) is 32.8 Å². The molecule has 3 fully saturated rings. The lowest BCUT2D eigenvalue weighted by Gasteiger charge is -2.43. The Kier molecular flexibility index (Phi) is 30.7. The number of halogens is 11. The predicted octanol–water partition coefficient (Wildman–Crippen LogP) is 23.7. The Bertz CT molecular complexity index is 6210. The van der Waals surface area contributed by atoms with Gasteiger partial charge in [-0.25, -0.2) is 95.4 Å². The Morgan fingerprint density at radius 2 is 0.481 bits per heavy atom. The van der Waals surface area contributed by atoms with Crippen molar-refractivity contribution in [1.29, 1.82) is 0 Å². The van der Waals surface area contributed by atoms with Gasteiger partial charge in [0.2, 0.25) is 0 Å². The van der Waals surface area contributed by atoms with E-state index in [2.05, 4.69) is 4.98 Å². The fraction of sp³-hybridized carbons (Fsp3) is 0.257. The molecule has 0 radical (unpaired) electrons. The first-order valence-corrected chi connectivity index (χ1v) is 51.6. The Labute approximate surface area is 750 Å². The Balaban J connectivity index is 0.000000147. The highest BCUT2D eigenvalue weighted by molar-refractivity contribution is 7.93. The lowest BCUT2D eigenvalue weighted by molar-refractivity contribution is 0.295. The van der Waals surface area contributed by atoms with Crippen molar-refractivity contribution in [3.05, 3.63) is 439 Å². The second-order valence-corrected chi connectivity index (χ2v) is 44.2. The van der Waals surface area contributed by atoms with Crippen LogP contribution in [-0.2, 0) is 72.9 Å². The number of sulfone groups is 5. The highest BCUT2D eigenvalue weighted by atomic mass is 32.2. The first-order valence-electron chi connectivity index (χ1n) is 41.6. The van der Waals surface area contributed by atoms with Gasteiger partial charge in [0.15, 0.2) is 53.9 Å². The first-order chi connectivity index (χ1) is 61.3. The molecule has 1 heterocycles. The molecule has 0 saturated heterocycles. The third-order valence-corrected chi connectivity index (χ3v) is 35.8. The van der Waals surface area contributed by atoms with Gasteiger partial charge in [0, 0.05) is 47.7 Å². The van der Waals surface area contributed by atoms with Gasteiger partial charge >= 0.3 is 0 Å². The largest absolute Gasteiger partial charge is 0.248 e. The molecule has 1 aromatic heterocycles. The molecule has 1 atom stereocenters. The lowest BCUT2D eigenvalue weighted by atomic mass is 9.72. The van der Waals surface area contributed by atoms with Crippen LogP contribution in [-0.4, -0.2) is 72.1 Å². The average molecular weight is 1880 g/mol. The molecule has 3 aliphatic rings. The molecule has 12 aromatic carbocycles. The van der Waals surface area contributed by atoms with Gasteiger partial charge < -0.3 is 0 Å². The molecule has 129 heavy (non-hydrogen) atoms. The third kappa shape index (κ3) is 19.8. The monoisotopic (exact) mass is 1880 g/mol. The maximum Gasteiger partial charge on any atom is 0.192 e. The van der Waals surface area contributed by atoms with Gasteiger partial charge in [-0.1, -0.05) is 215 Å². The Morgan fingerprint density at radius 1 is 0.256 bits per heavy atom. The van der Waals surface area contributed by atoms with Crippen LogP contribution in [0.3, 0.4) is 0 Å². The highest BCUT2D eigenvalue weighted by Crippen LogP contribution is 2.56. The molecular formula is C101H94F11NO10S6. The molecule has 1 unspecified atom stereocenters. The standard InChI is InChI=1S/C25H24F2O2S.2C20H15F3O2S.C19H20F2O2S.C17H20FNO2S2/c26-22-15-11-20(12-16-22)25(19-7-3-1-4-8-19,21-13-17-23(27)18-14-21)30(28,29)24-9-5-2-6-10-24;2*1-26(24,25)20(14-6-10-16(21)11-7-14,15-8-12-17(22)13-9-15)18-4-2-3-5-19(18)23;1-24(22,23)19(14-4-2-3-5-14,15-6-10-17(20)11-7-15)16-8-12-18(21)13-9-16;1-23(20,21)17(16-19-11-12-22-16,13-5-3-2-4-6-13)14-7-9-15(18)10-8-14/h2,5-6,9-19H,1,3-4,7-8H2;2*2-13H,1H3;6-14H,2-5H2,1H3;7-13H,2-6H2,1H3. The zero-order chi connectivity index (χ0) is 93.0. The van der Waals surface area contributed by atoms with E-state index in [0.717, 1.165) is 163 Å². The molecule has 3 aliphatic carbocycles. The summed E-state index contributed by atoms with van der Waals surface area (Å²) in [7, 11) is -19.1. The minimum Gasteiger partial charge on any atom is -0.248 e. The van der Waals surface area contributed by atoms with Crippen LogP contribution in [0.1, 0.15) is 156 Å². The van der Waals surface area contributed by atoms with E-state index in [1.165, 1.54) is 194 Å². The normalized spacial score (nSPS) is 15.1. The van der Waals surface area contributed by atoms with Gasteiger partial charge in [-0.05, 0) is 240 Å². The van der Waals surface area contributed by atoms with Crippen LogP contribution in [0.5, 0.6) is 0 Å². The summed E-state index contributed by atoms with van der Waals surface area (Å²) < 4.78 is 276. The van der Waals surface area contributed by atoms with E-state index in [1.54, 1.807) is 72.9 Å². The van der Waals surface area contributed by atoms with Crippen molar-refractivity contribution in [2.45, 2.75) is 119 Å². The number of rotatable bonds is 21. The molecule has 676 valence electrons. The molecular weight excluding hydrogens is 1790 g/mol. The van der Waals surface area contributed by atoms with Crippen molar-refractivity contribution < 1.29 is 90.4 Å². The number of nitrogens with zero attached hydrogens (tertiary/aromatic N) is 1. The summed E-state index contributed by atoms with van der Waals surface area (Å²) in [6.07, 6.45) is 18.9. The number of hydrogen-bond acceptors (Lipinski definition) is 12. The van der Waals surface area contributed by atoms with Crippen LogP contribution >= 0.6 is 11.3 Å². The van der Waals surface area contributed by atoms with Crippen molar-refractivity contribution in [2.24, 2.45) is 17.8 Å². The van der Waals surface area contributed by atoms with E-state index >= 15 is 0 Å². The molecule has 0 aliphatic heterocycles. The highest BCUT2D eigenvalue weighted by Gasteiger charge is 2.57. The SMILES string of the molecule is CS(=O)(=O)C(c1ccc(F)cc1)(c1ccc(F)cc1)C1CCCC1.CS(=O)(=O)C(c1ccc(F)cc1)(c1ccc(F)cc1)c1ccccc1F.CS(=O)(=O)C(c1ccc(F)cc1)(c1ccc(F)cc1)c1ccccc1F.CS(=O)(=O)C(c1ccc(F)cc1)(c1nccs1)C1CCCCC1.O=S(=O)(c1ccccc1)C(c1ccc(F)cc1)(c1ccc(F)cc1)C1CCCCC1. The topological polar surface area (TPSA) is 184 Å². The van der Waals surface area contributed by atoms with E-state index in [4.69, 9.17) is 0 Å². The number of thiazole rings is 1. The van der Waals surface area contributed by atoms with Gasteiger partial charge in [0.25, 0.3) is 0 Å². The number of aromatic nitrogens is 1. The molecule has 0 N–H and O–H groups in total. The van der Waals surface area contributed by atoms with Crippen molar-refractivity contribution in [2.75, 3.05) is 25.0 Å². The van der Waals surface area contributed by atoms with Gasteiger partial charge in [-0.3, -0.25) is 0 Å². The summed E-state index contributed by atoms with van der Waals surface area (Å²) in [6, 6.07) is 67.3. The van der Waals surface area contributed by atoms with Gasteiger partial charge in [0.05, 0.1) is 4.90 Å². The van der Waals surface area contributed by atoms with Crippen molar-refractivity contribution in [1.82, 2.24) is 4.98 Å². The van der Waals surface area contributed by atoms with Crippen molar-refractivity contribution in [3.8, 4) is 0 Å². The molecule has 0 bridgehead atoms. The summed E-state index contributed by atoms with van der Waals surface area (Å²) in [5.41, 5.74) is 3.20. The molecule has 16 rings (SSSR count). The quantitative estimate of drug-likeness (QED) is 0.0493. The Hall–Kier alpha value is -10.8. The third-order valence-electron chi connectivity index (χ3n) is 24.7. The molecule has 13 aromatic rings. The van der Waals surface area contributed by atoms with Crippen molar-refractivity contribution >= 4 is 60.5 Å². The van der Waals surface area contributed by atoms with Crippen LogP contribution in [0, 0.1) is 81.7 Å². The Morgan fingerprint density at radius 3 is 0.729 bits per heavy atom. The maximum atomic E-state index is 14.7. The second kappa shape index (κ2) is 40.7. The van der Waals surface area contributed by atoms with Crippen LogP contribution in [0.25, 0.3) is 0 Å². The fourth-order valence-corrected chi connectivity index (χ4v) is 30.2. The second-order valence-electron chi connectivity index (χ2n) is 32.5. The van der Waals surface area contributed by atoms with E-state index in [1.807, 2.05) is 5.38 Å². The van der Waals surface area contributed by atoms with Crippen molar-refractivity contribution in [3.63, 3.8) is 0 Å². The van der Waals surface area contributed by atoms with Gasteiger partial charge in [-0.15, -0.1) is 11.3 Å². The summed E-state index contributed by atoms with van der Waals surface area (Å²) in [4.78, 5) is 4.59. The summed E-state index contributed by atoms with van der Waals surface area (Å²) in [5.74, 6) is -6.03. The van der Waals surface area contributed by atoms with Crippen LogP contribution in [0.4, 0.5) is 48.3 Å². The van der Waals surface area contributed by atoms with E-state index in [-0.39, 0.29) is 61.8 Å². The minimum absolute atomic E-state index is 0.0251. The lowest BCUT2D eigenvalue weighted by Crippen LogP contribution is -2.45. The van der Waals surface area contributed by atoms with Gasteiger partial charge in [0.1, 0.15) is 88.0 Å². The zero-order valence-electron chi connectivity index (χ0n) is 70.7. The minimum atomic E-state index is -4.02. The molecule has 11 nitrogen and oxygen atoms in total. The average Bonchev–Trinajstić information content (AvgIpc) is 0.950. The van der Waals surface area contributed by atoms with E-state index < -0.39 is 131 Å². The molecule has 28 heteroatoms. The molecule has 0 amide bonds. The van der Waals surface area contributed by atoms with Crippen LogP contribution < -0.4 is 0 Å².